The Bertz CT molecular complexity index is 1370. The molecule has 4 heterocycles. The van der Waals surface area contributed by atoms with Crippen LogP contribution in [0.15, 0.2) is 44.1 Å². The Labute approximate surface area is 192 Å². The molecule has 2 aliphatic rings. The summed E-state index contributed by atoms with van der Waals surface area (Å²) < 4.78 is 11.9. The summed E-state index contributed by atoms with van der Waals surface area (Å²) in [5.41, 5.74) is 6.62. The third kappa shape index (κ3) is 3.63. The van der Waals surface area contributed by atoms with Gasteiger partial charge in [0.15, 0.2) is 5.58 Å². The molecule has 1 aliphatic carbocycles. The van der Waals surface area contributed by atoms with Crippen LogP contribution < -0.4 is 5.63 Å². The average Bonchev–Trinajstić information content (AvgIpc) is 3.42. The summed E-state index contributed by atoms with van der Waals surface area (Å²) in [4.78, 5) is 19.5. The summed E-state index contributed by atoms with van der Waals surface area (Å²) in [5.74, 6) is 0.710. The molecule has 1 fully saturated rings. The number of halogens is 1. The Morgan fingerprint density at radius 2 is 1.72 bits per heavy atom. The lowest BCUT2D eigenvalue weighted by molar-refractivity contribution is 0.221. The van der Waals surface area contributed by atoms with E-state index in [9.17, 15) is 4.79 Å². The Kier molecular flexibility index (Phi) is 5.56. The van der Waals surface area contributed by atoms with Gasteiger partial charge in [-0.05, 0) is 87.0 Å². The van der Waals surface area contributed by atoms with Gasteiger partial charge in [0, 0.05) is 35.1 Å². The predicted octanol–water partition coefficient (Wildman–Crippen LogP) is 5.81. The van der Waals surface area contributed by atoms with Crippen LogP contribution in [0.3, 0.4) is 0 Å². The van der Waals surface area contributed by atoms with Gasteiger partial charge in [0.2, 0.25) is 0 Å². The lowest BCUT2D eigenvalue weighted by Crippen LogP contribution is -2.29. The molecule has 32 heavy (non-hydrogen) atoms. The van der Waals surface area contributed by atoms with E-state index in [2.05, 4.69) is 22.0 Å². The molecule has 166 valence electrons. The van der Waals surface area contributed by atoms with Crippen molar-refractivity contribution in [3.8, 4) is 11.3 Å². The van der Waals surface area contributed by atoms with Gasteiger partial charge in [-0.1, -0.05) is 6.42 Å². The van der Waals surface area contributed by atoms with Gasteiger partial charge in [-0.15, -0.1) is 12.4 Å². The maximum Gasteiger partial charge on any atom is 0.336 e. The van der Waals surface area contributed by atoms with Crippen molar-refractivity contribution in [2.75, 3.05) is 13.1 Å². The second kappa shape index (κ2) is 8.38. The van der Waals surface area contributed by atoms with Crippen molar-refractivity contribution >= 4 is 34.3 Å². The smallest absolute Gasteiger partial charge is 0.336 e. The normalized spacial score (nSPS) is 16.4. The van der Waals surface area contributed by atoms with Gasteiger partial charge < -0.3 is 8.83 Å². The Morgan fingerprint density at radius 1 is 0.938 bits per heavy atom. The Hall–Kier alpha value is -2.63. The number of benzene rings is 1. The molecule has 0 N–H and O–H groups in total. The number of hydrogen-bond acceptors (Lipinski definition) is 5. The first-order valence-electron chi connectivity index (χ1n) is 11.4. The molecule has 1 aromatic carbocycles. The van der Waals surface area contributed by atoms with Crippen LogP contribution in [0.5, 0.6) is 0 Å². The zero-order valence-corrected chi connectivity index (χ0v) is 19.1. The van der Waals surface area contributed by atoms with Gasteiger partial charge in [0.25, 0.3) is 0 Å². The highest BCUT2D eigenvalue weighted by atomic mass is 35.5. The van der Waals surface area contributed by atoms with Gasteiger partial charge in [-0.3, -0.25) is 9.88 Å². The number of furan rings is 1. The van der Waals surface area contributed by atoms with Crippen LogP contribution in [0, 0.1) is 6.92 Å². The number of likely N-dealkylation sites (tertiary alicyclic amines) is 1. The van der Waals surface area contributed by atoms with Gasteiger partial charge in [-0.25, -0.2) is 4.79 Å². The fourth-order valence-corrected chi connectivity index (χ4v) is 5.25. The van der Waals surface area contributed by atoms with Gasteiger partial charge in [-0.2, -0.15) is 0 Å². The zero-order valence-electron chi connectivity index (χ0n) is 18.3. The minimum Gasteiger partial charge on any atom is -0.454 e. The standard InChI is InChI=1S/C26H26N2O3.ClH/c1-16-26-20(19(14-27-16)15-28-8-3-2-4-9-28)12-24(31-26)22-13-25(29)30-23-11-18-7-5-6-17(18)10-21(22)23;/h10-14H,2-9,15H2,1H3;1H. The lowest BCUT2D eigenvalue weighted by atomic mass is 10.0. The number of aryl methyl sites for hydroxylation is 3. The summed E-state index contributed by atoms with van der Waals surface area (Å²) in [7, 11) is 0. The minimum absolute atomic E-state index is 0. The van der Waals surface area contributed by atoms with Crippen molar-refractivity contribution in [2.45, 2.75) is 52.0 Å². The monoisotopic (exact) mass is 450 g/mol. The van der Waals surface area contributed by atoms with Crippen LogP contribution in [-0.4, -0.2) is 23.0 Å². The van der Waals surface area contributed by atoms with E-state index in [1.54, 1.807) is 6.07 Å². The molecule has 0 amide bonds. The van der Waals surface area contributed by atoms with Crippen molar-refractivity contribution in [3.63, 3.8) is 0 Å². The second-order valence-corrected chi connectivity index (χ2v) is 9.01. The second-order valence-electron chi connectivity index (χ2n) is 9.01. The van der Waals surface area contributed by atoms with Crippen molar-refractivity contribution in [1.82, 2.24) is 9.88 Å². The van der Waals surface area contributed by atoms with Crippen LogP contribution in [0.2, 0.25) is 0 Å². The molecular weight excluding hydrogens is 424 g/mol. The SMILES string of the molecule is Cc1ncc(CN2CCCCC2)c2cc(-c3cc(=O)oc4cc5c(cc34)CCC5)oc12.Cl. The van der Waals surface area contributed by atoms with Crippen LogP contribution in [-0.2, 0) is 19.4 Å². The summed E-state index contributed by atoms with van der Waals surface area (Å²) in [6.07, 6.45) is 9.10. The molecule has 5 nitrogen and oxygen atoms in total. The molecule has 0 bridgehead atoms. The molecule has 6 rings (SSSR count). The fourth-order valence-electron chi connectivity index (χ4n) is 5.25. The molecule has 0 spiro atoms. The van der Waals surface area contributed by atoms with E-state index in [0.29, 0.717) is 11.3 Å². The third-order valence-corrected chi connectivity index (χ3v) is 6.89. The minimum atomic E-state index is -0.343. The molecule has 0 atom stereocenters. The Balaban J connectivity index is 0.00000216. The number of aromatic nitrogens is 1. The molecule has 1 aliphatic heterocycles. The van der Waals surface area contributed by atoms with E-state index < -0.39 is 0 Å². The molecule has 4 aromatic rings. The number of pyridine rings is 1. The van der Waals surface area contributed by atoms with E-state index in [0.717, 1.165) is 66.5 Å². The molecule has 0 saturated carbocycles. The number of hydrogen-bond donors (Lipinski definition) is 0. The van der Waals surface area contributed by atoms with Crippen molar-refractivity contribution in [3.05, 3.63) is 63.3 Å². The maximum absolute atomic E-state index is 12.4. The van der Waals surface area contributed by atoms with Crippen LogP contribution in [0.1, 0.15) is 48.1 Å². The average molecular weight is 451 g/mol. The number of nitrogens with zero attached hydrogens (tertiary/aromatic N) is 2. The lowest BCUT2D eigenvalue weighted by Gasteiger charge is -2.26. The molecule has 1 saturated heterocycles. The summed E-state index contributed by atoms with van der Waals surface area (Å²) in [5, 5.41) is 2.04. The number of fused-ring (bicyclic) bond motifs is 3. The van der Waals surface area contributed by atoms with Crippen LogP contribution >= 0.6 is 12.4 Å². The van der Waals surface area contributed by atoms with E-state index in [-0.39, 0.29) is 18.0 Å². The number of piperidine rings is 1. The summed E-state index contributed by atoms with van der Waals surface area (Å²) in [6, 6.07) is 7.88. The van der Waals surface area contributed by atoms with Crippen molar-refractivity contribution in [1.29, 1.82) is 0 Å². The highest BCUT2D eigenvalue weighted by Gasteiger charge is 2.20. The quantitative estimate of drug-likeness (QED) is 0.369. The third-order valence-electron chi connectivity index (χ3n) is 6.89. The molecule has 0 radical (unpaired) electrons. The largest absolute Gasteiger partial charge is 0.454 e. The predicted molar refractivity (Wildman–Crippen MR) is 129 cm³/mol. The van der Waals surface area contributed by atoms with Crippen LogP contribution in [0.25, 0.3) is 33.3 Å². The van der Waals surface area contributed by atoms with Crippen molar-refractivity contribution in [2.24, 2.45) is 0 Å². The molecular formula is C26H27ClN2O3. The molecule has 6 heteroatoms. The van der Waals surface area contributed by atoms with Crippen LogP contribution in [0.4, 0.5) is 0 Å². The van der Waals surface area contributed by atoms with E-state index in [4.69, 9.17) is 8.83 Å². The summed E-state index contributed by atoms with van der Waals surface area (Å²) >= 11 is 0. The van der Waals surface area contributed by atoms with Gasteiger partial charge >= 0.3 is 5.63 Å². The topological polar surface area (TPSA) is 59.5 Å². The fraction of sp³-hybridized carbons (Fsp3) is 0.385. The first kappa shape index (κ1) is 21.2. The number of rotatable bonds is 3. The maximum atomic E-state index is 12.4. The Morgan fingerprint density at radius 3 is 2.53 bits per heavy atom. The summed E-state index contributed by atoms with van der Waals surface area (Å²) in [6.45, 7) is 5.13. The molecule has 0 unspecified atom stereocenters. The highest BCUT2D eigenvalue weighted by molar-refractivity contribution is 5.96. The highest BCUT2D eigenvalue weighted by Crippen LogP contribution is 2.37. The van der Waals surface area contributed by atoms with Gasteiger partial charge in [0.05, 0.1) is 5.69 Å². The zero-order chi connectivity index (χ0) is 20.9. The van der Waals surface area contributed by atoms with E-state index >= 15 is 0 Å². The van der Waals surface area contributed by atoms with E-state index in [1.807, 2.05) is 19.2 Å². The van der Waals surface area contributed by atoms with E-state index in [1.165, 1.54) is 36.0 Å². The first-order valence-corrected chi connectivity index (χ1v) is 11.4. The molecule has 3 aromatic heterocycles. The van der Waals surface area contributed by atoms with Crippen molar-refractivity contribution < 1.29 is 8.83 Å². The first-order chi connectivity index (χ1) is 15.2. The van der Waals surface area contributed by atoms with Gasteiger partial charge in [0.1, 0.15) is 11.3 Å².